The number of hydrogen-bond acceptors (Lipinski definition) is 10. The van der Waals surface area contributed by atoms with Crippen molar-refractivity contribution in [3.8, 4) is 11.5 Å². The van der Waals surface area contributed by atoms with E-state index in [4.69, 9.17) is 28.9 Å². The van der Waals surface area contributed by atoms with Crippen molar-refractivity contribution in [3.05, 3.63) is 84.2 Å². The van der Waals surface area contributed by atoms with E-state index in [2.05, 4.69) is 20.8 Å². The lowest BCUT2D eigenvalue weighted by atomic mass is 9.94. The Balaban J connectivity index is 0.867. The first-order chi connectivity index (χ1) is 28.8. The van der Waals surface area contributed by atoms with Gasteiger partial charge in [-0.3, -0.25) is 19.0 Å². The molecular weight excluding hydrogens is 786 g/mol. The van der Waals surface area contributed by atoms with Gasteiger partial charge in [-0.15, -0.1) is 0 Å². The molecule has 2 saturated heterocycles. The van der Waals surface area contributed by atoms with E-state index < -0.39 is 18.6 Å². The number of amides is 2. The average molecular weight is 833 g/mol. The quantitative estimate of drug-likeness (QED) is 0.118. The number of nitrogens with one attached hydrogen (secondary N) is 2. The first-order valence-corrected chi connectivity index (χ1v) is 20.1. The molecule has 2 amide bonds. The molecule has 4 atom stereocenters. The van der Waals surface area contributed by atoms with Gasteiger partial charge >= 0.3 is 6.18 Å². The Kier molecular flexibility index (Phi) is 11.5. The fourth-order valence-electron chi connectivity index (χ4n) is 7.79. The number of carbonyl (C=O) groups excluding carboxylic acids is 2. The van der Waals surface area contributed by atoms with E-state index in [1.54, 1.807) is 33.6 Å². The van der Waals surface area contributed by atoms with Crippen LogP contribution in [0.2, 0.25) is 0 Å². The van der Waals surface area contributed by atoms with Crippen molar-refractivity contribution >= 4 is 34.5 Å². The second-order valence-electron chi connectivity index (χ2n) is 15.5. The molecule has 0 aliphatic carbocycles. The van der Waals surface area contributed by atoms with Gasteiger partial charge in [0.1, 0.15) is 40.7 Å². The molecule has 0 bridgehead atoms. The van der Waals surface area contributed by atoms with Gasteiger partial charge in [0, 0.05) is 55.4 Å². The smallest absolute Gasteiger partial charge is 0.408 e. The number of carbonyl (C=O) groups is 2. The zero-order valence-electron chi connectivity index (χ0n) is 33.7. The molecule has 16 nitrogen and oxygen atoms in total. The molecule has 2 aliphatic heterocycles. The van der Waals surface area contributed by atoms with Crippen LogP contribution >= 0.6 is 0 Å². The third-order valence-corrected chi connectivity index (χ3v) is 10.5. The third kappa shape index (κ3) is 9.26. The van der Waals surface area contributed by atoms with Gasteiger partial charge in [0.15, 0.2) is 11.4 Å². The zero-order chi connectivity index (χ0) is 42.1. The molecular formula is C41H47F3N10O6. The number of imidazole rings is 2. The Hall–Kier alpha value is -5.95. The predicted molar refractivity (Wildman–Crippen MR) is 213 cm³/mol. The summed E-state index contributed by atoms with van der Waals surface area (Å²) in [5.41, 5.74) is 4.11. The Morgan fingerprint density at radius 3 is 1.75 bits per heavy atom. The maximum absolute atomic E-state index is 13.1. The molecule has 2 aliphatic rings. The minimum atomic E-state index is -4.46. The number of alkyl halides is 3. The van der Waals surface area contributed by atoms with E-state index in [9.17, 15) is 22.8 Å². The fraction of sp³-hybridized carbons (Fsp3) is 0.463. The SMILES string of the molecule is CCOc1cc2nc(CC3COC(C4CC(Cc5cn6cc(NC(=O)c7ccn(C(C)C)n7)c(OCC)cc6n5)CO4)C3)cn2cc1NC(=O)c1ccn(CC(F)(F)F)n1. The van der Waals surface area contributed by atoms with Crippen molar-refractivity contribution in [1.82, 2.24) is 38.3 Å². The van der Waals surface area contributed by atoms with Crippen molar-refractivity contribution in [2.45, 2.75) is 84.3 Å². The van der Waals surface area contributed by atoms with Gasteiger partial charge in [-0.05, 0) is 77.3 Å². The topological polar surface area (TPSA) is 165 Å². The standard InChI is InChI=1S/C41H47F3N10O6/c1-5-57-33-15-37-45-27(17-51(37)19-31(33)47-39(55)29-7-9-53(49-29)23-41(42,43)44)11-25-13-35(59-21-25)36-14-26(22-60-36)12-28-18-52-20-32(34(58-6-2)16-38(52)46-28)48-40(56)30-8-10-54(50-30)24(3)4/h7-10,15-20,24-26,35-36H,5-6,11-14,21-23H2,1-4H3,(H,47,55)(H,48,56). The van der Waals surface area contributed by atoms with Crippen LogP contribution in [0.3, 0.4) is 0 Å². The number of pyridine rings is 2. The molecule has 6 aromatic rings. The van der Waals surface area contributed by atoms with Crippen LogP contribution < -0.4 is 20.1 Å². The van der Waals surface area contributed by atoms with E-state index >= 15 is 0 Å². The van der Waals surface area contributed by atoms with Crippen LogP contribution in [0.25, 0.3) is 11.3 Å². The molecule has 0 spiro atoms. The lowest BCUT2D eigenvalue weighted by Crippen LogP contribution is -2.24. The molecule has 0 aromatic carbocycles. The van der Waals surface area contributed by atoms with Gasteiger partial charge < -0.3 is 38.4 Å². The maximum atomic E-state index is 13.1. The van der Waals surface area contributed by atoms with Gasteiger partial charge in [-0.25, -0.2) is 9.97 Å². The minimum absolute atomic E-state index is 0.0385. The van der Waals surface area contributed by atoms with E-state index in [0.717, 1.165) is 36.8 Å². The van der Waals surface area contributed by atoms with Crippen LogP contribution in [0, 0.1) is 11.8 Å². The van der Waals surface area contributed by atoms with Crippen LogP contribution in [0.5, 0.6) is 11.5 Å². The zero-order valence-corrected chi connectivity index (χ0v) is 33.7. The molecule has 19 heteroatoms. The molecule has 0 saturated carbocycles. The average Bonchev–Trinajstić information content (AvgIpc) is 4.04. The molecule has 2 N–H and O–H groups in total. The summed E-state index contributed by atoms with van der Waals surface area (Å²) < 4.78 is 68.7. The van der Waals surface area contributed by atoms with Crippen LogP contribution in [-0.2, 0) is 28.9 Å². The number of nitrogens with zero attached hydrogens (tertiary/aromatic N) is 8. The van der Waals surface area contributed by atoms with Crippen LogP contribution in [0.4, 0.5) is 24.5 Å². The number of halogens is 3. The highest BCUT2D eigenvalue weighted by Gasteiger charge is 2.38. The Labute approximate surface area is 343 Å². The van der Waals surface area contributed by atoms with Gasteiger partial charge in [0.2, 0.25) is 0 Å². The molecule has 2 fully saturated rings. The summed E-state index contributed by atoms with van der Waals surface area (Å²) in [4.78, 5) is 35.7. The van der Waals surface area contributed by atoms with Gasteiger partial charge in [-0.1, -0.05) is 0 Å². The summed E-state index contributed by atoms with van der Waals surface area (Å²) in [7, 11) is 0. The van der Waals surface area contributed by atoms with Crippen molar-refractivity contribution in [2.75, 3.05) is 37.1 Å². The molecule has 8 heterocycles. The van der Waals surface area contributed by atoms with Crippen molar-refractivity contribution in [3.63, 3.8) is 0 Å². The number of ether oxygens (including phenoxy) is 4. The number of hydrogen-bond donors (Lipinski definition) is 2. The van der Waals surface area contributed by atoms with Crippen LogP contribution in [0.15, 0.2) is 61.4 Å². The lowest BCUT2D eigenvalue weighted by molar-refractivity contribution is -0.142. The second kappa shape index (κ2) is 17.0. The molecule has 0 radical (unpaired) electrons. The highest BCUT2D eigenvalue weighted by molar-refractivity contribution is 6.04. The predicted octanol–water partition coefficient (Wildman–Crippen LogP) is 6.42. The minimum Gasteiger partial charge on any atom is -0.491 e. The Morgan fingerprint density at radius 1 is 0.783 bits per heavy atom. The number of anilines is 2. The summed E-state index contributed by atoms with van der Waals surface area (Å²) in [6.45, 7) is 8.31. The van der Waals surface area contributed by atoms with Crippen molar-refractivity contribution < 1.29 is 41.7 Å². The monoisotopic (exact) mass is 832 g/mol. The lowest BCUT2D eigenvalue weighted by Gasteiger charge is -2.17. The van der Waals surface area contributed by atoms with Gasteiger partial charge in [-0.2, -0.15) is 23.4 Å². The molecule has 6 aromatic heterocycles. The van der Waals surface area contributed by atoms with Gasteiger partial charge in [0.25, 0.3) is 11.8 Å². The van der Waals surface area contributed by atoms with E-state index in [-0.39, 0.29) is 41.7 Å². The summed E-state index contributed by atoms with van der Waals surface area (Å²) in [5, 5.41) is 13.8. The van der Waals surface area contributed by atoms with E-state index in [1.807, 2.05) is 56.8 Å². The summed E-state index contributed by atoms with van der Waals surface area (Å²) in [6, 6.07) is 6.61. The van der Waals surface area contributed by atoms with E-state index in [1.165, 1.54) is 6.07 Å². The molecule has 4 unspecified atom stereocenters. The highest BCUT2D eigenvalue weighted by Crippen LogP contribution is 2.35. The molecule has 8 rings (SSSR count). The Morgan fingerprint density at radius 2 is 1.28 bits per heavy atom. The third-order valence-electron chi connectivity index (χ3n) is 10.5. The maximum Gasteiger partial charge on any atom is 0.408 e. The summed E-state index contributed by atoms with van der Waals surface area (Å²) >= 11 is 0. The van der Waals surface area contributed by atoms with Crippen molar-refractivity contribution in [2.24, 2.45) is 11.8 Å². The highest BCUT2D eigenvalue weighted by atomic mass is 19.4. The van der Waals surface area contributed by atoms with Crippen LogP contribution in [-0.4, -0.2) is 95.0 Å². The molecule has 318 valence electrons. The number of aromatic nitrogens is 8. The first-order valence-electron chi connectivity index (χ1n) is 20.1. The normalized spacial score (nSPS) is 19.5. The number of rotatable bonds is 15. The first kappa shape index (κ1) is 40.8. The fourth-order valence-corrected chi connectivity index (χ4v) is 7.79. The van der Waals surface area contributed by atoms with Crippen molar-refractivity contribution in [1.29, 1.82) is 0 Å². The molecule has 60 heavy (non-hydrogen) atoms. The largest absolute Gasteiger partial charge is 0.491 e. The van der Waals surface area contributed by atoms with Crippen LogP contribution in [0.1, 0.15) is 78.9 Å². The number of fused-ring (bicyclic) bond motifs is 2. The van der Waals surface area contributed by atoms with E-state index in [0.29, 0.717) is 77.4 Å². The summed E-state index contributed by atoms with van der Waals surface area (Å²) in [6.07, 6.45) is 8.75. The second-order valence-corrected chi connectivity index (χ2v) is 15.5. The summed E-state index contributed by atoms with van der Waals surface area (Å²) in [5.74, 6) is 0.390. The van der Waals surface area contributed by atoms with Gasteiger partial charge in [0.05, 0.1) is 50.0 Å². The Bertz CT molecular complexity index is 2490.